The number of carboxylic acid groups (broad SMARTS) is 1. The molecule has 234 valence electrons. The zero-order chi connectivity index (χ0) is 32.1. The molecule has 2 atom stereocenters. The fraction of sp³-hybridized carbons (Fsp3) is 0.545. The minimum Gasteiger partial charge on any atom is -0.481 e. The topological polar surface area (TPSA) is 83.3 Å². The summed E-state index contributed by atoms with van der Waals surface area (Å²) in [7, 11) is 0. The Hall–Kier alpha value is -3.04. The standard InChI is InChI=1S/C33H44ClF2N5O2/c1-20-15-23(37-28(26(20)35)38-25-16-21(2)41(39-25)31(6,7)8)17-33(29(42)43)13-14-40(32(9,19-33)30(3,4)5)18-22-11-10-12-24(34)27(22)36/h10-12,15-16H,13-14,17-19H2,1-9H3,(H,42,43)(H,37,38,39)/t32-,33+/m1/s1. The summed E-state index contributed by atoms with van der Waals surface area (Å²) in [6, 6.07) is 8.43. The van der Waals surface area contributed by atoms with E-state index in [1.807, 2.05) is 38.4 Å². The lowest BCUT2D eigenvalue weighted by Crippen LogP contribution is -2.63. The lowest BCUT2D eigenvalue weighted by atomic mass is 9.59. The zero-order valence-electron chi connectivity index (χ0n) is 26.7. The molecular formula is C33H44ClF2N5O2. The van der Waals surface area contributed by atoms with Crippen molar-refractivity contribution in [3.8, 4) is 0 Å². The number of aryl methyl sites for hydroxylation is 2. The molecule has 1 aliphatic heterocycles. The number of rotatable bonds is 7. The van der Waals surface area contributed by atoms with Gasteiger partial charge in [0.15, 0.2) is 17.5 Å². The Kier molecular flexibility index (Phi) is 8.77. The predicted molar refractivity (Wildman–Crippen MR) is 167 cm³/mol. The first-order valence-corrected chi connectivity index (χ1v) is 15.1. The summed E-state index contributed by atoms with van der Waals surface area (Å²) in [5, 5.41) is 18.4. The summed E-state index contributed by atoms with van der Waals surface area (Å²) in [4.78, 5) is 19.9. The van der Waals surface area contributed by atoms with E-state index in [0.717, 1.165) is 5.69 Å². The van der Waals surface area contributed by atoms with E-state index in [0.29, 0.717) is 48.6 Å². The highest BCUT2D eigenvalue weighted by molar-refractivity contribution is 6.30. The number of hydrogen-bond donors (Lipinski definition) is 2. The van der Waals surface area contributed by atoms with Gasteiger partial charge in [0.25, 0.3) is 0 Å². The number of likely N-dealkylation sites (tertiary alicyclic amines) is 1. The van der Waals surface area contributed by atoms with Crippen LogP contribution in [0.2, 0.25) is 5.02 Å². The lowest BCUT2D eigenvalue weighted by molar-refractivity contribution is -0.161. The SMILES string of the molecule is Cc1cc(C[C@@]2(C(=O)O)CCN(Cc3cccc(Cl)c3F)[C@@](C)(C(C)(C)C)C2)nc(Nc2cc(C)n(C(C)(C)C)n2)c1F. The Morgan fingerprint density at radius 2 is 1.79 bits per heavy atom. The normalized spacial score (nSPS) is 21.7. The molecule has 1 fully saturated rings. The maximum atomic E-state index is 15.3. The third-order valence-corrected chi connectivity index (χ3v) is 9.48. The van der Waals surface area contributed by atoms with E-state index in [4.69, 9.17) is 11.6 Å². The molecule has 0 spiro atoms. The first-order valence-electron chi connectivity index (χ1n) is 14.7. The molecule has 2 N–H and O–H groups in total. The van der Waals surface area contributed by atoms with E-state index >= 15 is 4.39 Å². The van der Waals surface area contributed by atoms with Crippen LogP contribution < -0.4 is 5.32 Å². The first-order chi connectivity index (χ1) is 19.8. The highest BCUT2D eigenvalue weighted by Crippen LogP contribution is 2.51. The lowest BCUT2D eigenvalue weighted by Gasteiger charge is -2.57. The van der Waals surface area contributed by atoms with Crippen molar-refractivity contribution in [3.05, 3.63) is 69.5 Å². The van der Waals surface area contributed by atoms with E-state index < -0.39 is 28.6 Å². The average molecular weight is 616 g/mol. The minimum absolute atomic E-state index is 0.0153. The van der Waals surface area contributed by atoms with Gasteiger partial charge in [-0.25, -0.2) is 13.8 Å². The van der Waals surface area contributed by atoms with E-state index in [1.54, 1.807) is 25.1 Å². The molecule has 0 radical (unpaired) electrons. The summed E-state index contributed by atoms with van der Waals surface area (Å²) < 4.78 is 32.1. The third kappa shape index (κ3) is 6.43. The van der Waals surface area contributed by atoms with Gasteiger partial charge in [0.05, 0.1) is 16.0 Å². The Morgan fingerprint density at radius 3 is 2.37 bits per heavy atom. The number of aliphatic carboxylic acids is 1. The third-order valence-electron chi connectivity index (χ3n) is 9.18. The molecule has 1 aliphatic rings. The fourth-order valence-electron chi connectivity index (χ4n) is 6.31. The first kappa shape index (κ1) is 32.9. The number of hydrogen-bond acceptors (Lipinski definition) is 5. The molecule has 3 aromatic rings. The van der Waals surface area contributed by atoms with Crippen molar-refractivity contribution in [2.45, 2.75) is 99.2 Å². The Balaban J connectivity index is 1.68. The maximum Gasteiger partial charge on any atom is 0.310 e. The van der Waals surface area contributed by atoms with Crippen LogP contribution >= 0.6 is 11.6 Å². The van der Waals surface area contributed by atoms with Crippen molar-refractivity contribution in [3.63, 3.8) is 0 Å². The number of halogens is 3. The van der Waals surface area contributed by atoms with Gasteiger partial charge in [-0.15, -0.1) is 0 Å². The molecule has 1 saturated heterocycles. The second-order valence-corrected chi connectivity index (χ2v) is 14.7. The van der Waals surface area contributed by atoms with E-state index in [9.17, 15) is 14.3 Å². The van der Waals surface area contributed by atoms with E-state index in [1.165, 1.54) is 6.07 Å². The van der Waals surface area contributed by atoms with Crippen LogP contribution in [-0.2, 0) is 23.3 Å². The molecule has 0 bridgehead atoms. The highest BCUT2D eigenvalue weighted by atomic mass is 35.5. The second-order valence-electron chi connectivity index (χ2n) is 14.3. The molecule has 43 heavy (non-hydrogen) atoms. The van der Waals surface area contributed by atoms with Crippen LogP contribution in [0.4, 0.5) is 20.4 Å². The van der Waals surface area contributed by atoms with Crippen LogP contribution in [0.5, 0.6) is 0 Å². The molecule has 1 aromatic carbocycles. The number of piperidine rings is 1. The minimum atomic E-state index is -1.16. The number of pyridine rings is 1. The highest BCUT2D eigenvalue weighted by Gasteiger charge is 2.55. The molecule has 7 nitrogen and oxygen atoms in total. The van der Waals surface area contributed by atoms with Gasteiger partial charge in [-0.2, -0.15) is 5.10 Å². The molecule has 0 aliphatic carbocycles. The molecule has 4 rings (SSSR count). The van der Waals surface area contributed by atoms with Crippen molar-refractivity contribution in [1.29, 1.82) is 0 Å². The van der Waals surface area contributed by atoms with Gasteiger partial charge in [0.1, 0.15) is 5.82 Å². The van der Waals surface area contributed by atoms with Crippen molar-refractivity contribution < 1.29 is 18.7 Å². The number of benzene rings is 1. The number of nitrogens with zero attached hydrogens (tertiary/aromatic N) is 4. The number of nitrogens with one attached hydrogen (secondary N) is 1. The molecule has 10 heteroatoms. The summed E-state index contributed by atoms with van der Waals surface area (Å²) in [6.45, 7) is 18.7. The van der Waals surface area contributed by atoms with Gasteiger partial charge < -0.3 is 10.4 Å². The van der Waals surface area contributed by atoms with Crippen LogP contribution in [0, 0.1) is 36.3 Å². The summed E-state index contributed by atoms with van der Waals surface area (Å²) in [5.41, 5.74) is -0.147. The summed E-state index contributed by atoms with van der Waals surface area (Å²) >= 11 is 6.07. The zero-order valence-corrected chi connectivity index (χ0v) is 27.5. The summed E-state index contributed by atoms with van der Waals surface area (Å²) in [6.07, 6.45) is 0.752. The number of carbonyl (C=O) groups is 1. The van der Waals surface area contributed by atoms with Crippen LogP contribution in [0.3, 0.4) is 0 Å². The second kappa shape index (κ2) is 11.5. The van der Waals surface area contributed by atoms with Crippen LogP contribution in [0.1, 0.15) is 83.8 Å². The monoisotopic (exact) mass is 615 g/mol. The Bertz CT molecular complexity index is 1530. The van der Waals surface area contributed by atoms with Gasteiger partial charge >= 0.3 is 5.97 Å². The fourth-order valence-corrected chi connectivity index (χ4v) is 6.51. The van der Waals surface area contributed by atoms with Crippen molar-refractivity contribution >= 4 is 29.2 Å². The van der Waals surface area contributed by atoms with Crippen LogP contribution in [-0.4, -0.2) is 42.8 Å². The van der Waals surface area contributed by atoms with E-state index in [-0.39, 0.29) is 28.2 Å². The van der Waals surface area contributed by atoms with Crippen molar-refractivity contribution in [2.24, 2.45) is 10.8 Å². The van der Waals surface area contributed by atoms with Gasteiger partial charge in [-0.1, -0.05) is 44.5 Å². The van der Waals surface area contributed by atoms with Gasteiger partial charge in [0, 0.05) is 48.1 Å². The number of anilines is 2. The average Bonchev–Trinajstić information content (AvgIpc) is 3.26. The molecule has 0 amide bonds. The summed E-state index contributed by atoms with van der Waals surface area (Å²) in [5.74, 6) is -1.40. The number of carboxylic acids is 1. The number of aromatic nitrogens is 3. The molecular weight excluding hydrogens is 572 g/mol. The van der Waals surface area contributed by atoms with Crippen LogP contribution in [0.15, 0.2) is 30.3 Å². The van der Waals surface area contributed by atoms with Crippen molar-refractivity contribution in [2.75, 3.05) is 11.9 Å². The van der Waals surface area contributed by atoms with Gasteiger partial charge in [-0.05, 0) is 77.5 Å². The van der Waals surface area contributed by atoms with Gasteiger partial charge in [-0.3, -0.25) is 14.4 Å². The molecule has 0 unspecified atom stereocenters. The van der Waals surface area contributed by atoms with Gasteiger partial charge in [0.2, 0.25) is 0 Å². The molecule has 3 heterocycles. The van der Waals surface area contributed by atoms with E-state index in [2.05, 4.69) is 48.0 Å². The molecule has 0 saturated carbocycles. The predicted octanol–water partition coefficient (Wildman–Crippen LogP) is 8.04. The quantitative estimate of drug-likeness (QED) is 0.280. The molecule has 2 aromatic heterocycles. The maximum absolute atomic E-state index is 15.3. The van der Waals surface area contributed by atoms with Crippen molar-refractivity contribution in [1.82, 2.24) is 19.7 Å². The van der Waals surface area contributed by atoms with Crippen LogP contribution in [0.25, 0.3) is 0 Å². The smallest absolute Gasteiger partial charge is 0.310 e. The Labute approximate surface area is 258 Å². The Morgan fingerprint density at radius 1 is 1.12 bits per heavy atom. The largest absolute Gasteiger partial charge is 0.481 e.